The van der Waals surface area contributed by atoms with E-state index in [1.807, 2.05) is 40.7 Å². The molecule has 96 valence electrons. The Labute approximate surface area is 111 Å². The summed E-state index contributed by atoms with van der Waals surface area (Å²) in [5.74, 6) is 0.595. The number of ether oxygens (including phenoxy) is 1. The highest BCUT2D eigenvalue weighted by Gasteiger charge is 2.08. The predicted octanol–water partition coefficient (Wildman–Crippen LogP) is 2.28. The zero-order chi connectivity index (χ0) is 13.2. The predicted molar refractivity (Wildman–Crippen MR) is 72.3 cm³/mol. The number of rotatable bonds is 3. The van der Waals surface area contributed by atoms with Crippen LogP contribution >= 0.6 is 0 Å². The molecule has 0 unspecified atom stereocenters. The summed E-state index contributed by atoms with van der Waals surface area (Å²) in [4.78, 5) is 4.20. The van der Waals surface area contributed by atoms with Crippen LogP contribution < -0.4 is 4.74 Å². The van der Waals surface area contributed by atoms with Gasteiger partial charge in [0.25, 0.3) is 0 Å². The molecule has 0 aliphatic rings. The fourth-order valence-corrected chi connectivity index (χ4v) is 2.00. The Hall–Kier alpha value is -2.56. The molecule has 5 heteroatoms. The van der Waals surface area contributed by atoms with Gasteiger partial charge in [0.05, 0.1) is 30.9 Å². The topological polar surface area (TPSA) is 44.9 Å². The van der Waals surface area contributed by atoms with Gasteiger partial charge in [-0.2, -0.15) is 5.10 Å². The van der Waals surface area contributed by atoms with Gasteiger partial charge >= 0.3 is 0 Å². The summed E-state index contributed by atoms with van der Waals surface area (Å²) in [6.07, 6.45) is 7.61. The fourth-order valence-electron chi connectivity index (χ4n) is 2.00. The lowest BCUT2D eigenvalue weighted by Crippen LogP contribution is -1.99. The van der Waals surface area contributed by atoms with Gasteiger partial charge in [-0.15, -0.1) is 0 Å². The van der Waals surface area contributed by atoms with Gasteiger partial charge in [-0.05, 0) is 18.2 Å². The fraction of sp³-hybridized carbons (Fsp3) is 0.143. The van der Waals surface area contributed by atoms with Gasteiger partial charge in [-0.25, -0.2) is 9.67 Å². The average molecular weight is 254 g/mol. The standard InChI is InChI=1S/C14H14N4O/c1-17-8-6-11(10-17)13-5-7-16-18(13)12-3-4-14(19-2)15-9-12/h3-10H,1-2H3. The number of methoxy groups -OCH3 is 1. The molecule has 0 amide bonds. The van der Waals surface area contributed by atoms with E-state index in [0.717, 1.165) is 16.9 Å². The molecule has 0 saturated carbocycles. The van der Waals surface area contributed by atoms with Crippen molar-refractivity contribution in [1.29, 1.82) is 0 Å². The van der Waals surface area contributed by atoms with Crippen molar-refractivity contribution >= 4 is 0 Å². The molecule has 3 heterocycles. The SMILES string of the molecule is COc1ccc(-n2nccc2-c2ccn(C)c2)cn1. The van der Waals surface area contributed by atoms with E-state index in [2.05, 4.69) is 22.3 Å². The van der Waals surface area contributed by atoms with E-state index in [1.54, 1.807) is 19.5 Å². The van der Waals surface area contributed by atoms with Gasteiger partial charge in [-0.3, -0.25) is 0 Å². The minimum atomic E-state index is 0.595. The van der Waals surface area contributed by atoms with Crippen molar-refractivity contribution in [2.24, 2.45) is 7.05 Å². The Morgan fingerprint density at radius 2 is 2.05 bits per heavy atom. The van der Waals surface area contributed by atoms with Crippen LogP contribution in [0.5, 0.6) is 5.88 Å². The summed E-state index contributed by atoms with van der Waals surface area (Å²) in [5.41, 5.74) is 3.06. The maximum atomic E-state index is 5.06. The van der Waals surface area contributed by atoms with E-state index < -0.39 is 0 Å². The summed E-state index contributed by atoms with van der Waals surface area (Å²) in [5, 5.41) is 4.35. The molecule has 3 aromatic heterocycles. The maximum Gasteiger partial charge on any atom is 0.213 e. The monoisotopic (exact) mass is 254 g/mol. The number of hydrogen-bond donors (Lipinski definition) is 0. The molecule has 3 aromatic rings. The maximum absolute atomic E-state index is 5.06. The summed E-state index contributed by atoms with van der Waals surface area (Å²) >= 11 is 0. The average Bonchev–Trinajstić information content (AvgIpc) is 3.07. The smallest absolute Gasteiger partial charge is 0.213 e. The largest absolute Gasteiger partial charge is 0.481 e. The van der Waals surface area contributed by atoms with Crippen LogP contribution in [0, 0.1) is 0 Å². The number of aromatic nitrogens is 4. The molecule has 0 fully saturated rings. The van der Waals surface area contributed by atoms with Crippen LogP contribution in [0.2, 0.25) is 0 Å². The minimum absolute atomic E-state index is 0.595. The molecule has 0 atom stereocenters. The Morgan fingerprint density at radius 3 is 2.68 bits per heavy atom. The van der Waals surface area contributed by atoms with Crippen molar-refractivity contribution < 1.29 is 4.74 Å². The van der Waals surface area contributed by atoms with Gasteiger partial charge in [0.15, 0.2) is 0 Å². The quantitative estimate of drug-likeness (QED) is 0.720. The number of aryl methyl sites for hydroxylation is 1. The van der Waals surface area contributed by atoms with Crippen molar-refractivity contribution in [3.05, 3.63) is 49.1 Å². The first kappa shape index (κ1) is 11.5. The van der Waals surface area contributed by atoms with Crippen molar-refractivity contribution in [2.45, 2.75) is 0 Å². The van der Waals surface area contributed by atoms with E-state index in [4.69, 9.17) is 4.74 Å². The van der Waals surface area contributed by atoms with Crippen molar-refractivity contribution in [3.8, 4) is 22.8 Å². The van der Waals surface area contributed by atoms with E-state index in [1.165, 1.54) is 0 Å². The molecular weight excluding hydrogens is 240 g/mol. The first-order valence-electron chi connectivity index (χ1n) is 5.95. The van der Waals surface area contributed by atoms with Crippen LogP contribution in [0.25, 0.3) is 16.9 Å². The Balaban J connectivity index is 2.03. The van der Waals surface area contributed by atoms with Crippen molar-refractivity contribution in [2.75, 3.05) is 7.11 Å². The van der Waals surface area contributed by atoms with E-state index in [-0.39, 0.29) is 0 Å². The summed E-state index contributed by atoms with van der Waals surface area (Å²) < 4.78 is 8.94. The molecule has 3 rings (SSSR count). The Kier molecular flexibility index (Phi) is 2.79. The lowest BCUT2D eigenvalue weighted by Gasteiger charge is -2.06. The second-order valence-corrected chi connectivity index (χ2v) is 4.25. The number of pyridine rings is 1. The lowest BCUT2D eigenvalue weighted by atomic mass is 10.2. The third kappa shape index (κ3) is 2.10. The van der Waals surface area contributed by atoms with E-state index in [9.17, 15) is 0 Å². The number of nitrogens with zero attached hydrogens (tertiary/aromatic N) is 4. The zero-order valence-electron chi connectivity index (χ0n) is 10.8. The number of hydrogen-bond acceptors (Lipinski definition) is 3. The van der Waals surface area contributed by atoms with Gasteiger partial charge < -0.3 is 9.30 Å². The molecule has 0 spiro atoms. The molecular formula is C14H14N4O. The third-order valence-corrected chi connectivity index (χ3v) is 2.94. The van der Waals surface area contributed by atoms with Crippen LogP contribution in [-0.2, 0) is 7.05 Å². The molecule has 0 bridgehead atoms. The summed E-state index contributed by atoms with van der Waals surface area (Å²) in [6.45, 7) is 0. The Bertz CT molecular complexity index is 682. The lowest BCUT2D eigenvalue weighted by molar-refractivity contribution is 0.397. The van der Waals surface area contributed by atoms with Crippen LogP contribution in [0.1, 0.15) is 0 Å². The third-order valence-electron chi connectivity index (χ3n) is 2.94. The molecule has 0 saturated heterocycles. The molecule has 5 nitrogen and oxygen atoms in total. The van der Waals surface area contributed by atoms with E-state index in [0.29, 0.717) is 5.88 Å². The molecule has 0 N–H and O–H groups in total. The highest BCUT2D eigenvalue weighted by molar-refractivity contribution is 5.61. The van der Waals surface area contributed by atoms with Crippen LogP contribution in [0.4, 0.5) is 0 Å². The highest BCUT2D eigenvalue weighted by atomic mass is 16.5. The van der Waals surface area contributed by atoms with Crippen molar-refractivity contribution in [3.63, 3.8) is 0 Å². The van der Waals surface area contributed by atoms with Crippen LogP contribution in [0.15, 0.2) is 49.1 Å². The minimum Gasteiger partial charge on any atom is -0.481 e. The summed E-state index contributed by atoms with van der Waals surface area (Å²) in [7, 11) is 3.60. The van der Waals surface area contributed by atoms with Gasteiger partial charge in [0, 0.05) is 31.1 Å². The molecule has 0 radical (unpaired) electrons. The molecule has 19 heavy (non-hydrogen) atoms. The molecule has 0 aliphatic heterocycles. The highest BCUT2D eigenvalue weighted by Crippen LogP contribution is 2.22. The molecule has 0 aliphatic carbocycles. The van der Waals surface area contributed by atoms with Crippen LogP contribution in [-0.4, -0.2) is 26.4 Å². The normalized spacial score (nSPS) is 10.6. The van der Waals surface area contributed by atoms with Gasteiger partial charge in [-0.1, -0.05) is 0 Å². The first-order chi connectivity index (χ1) is 9.28. The second kappa shape index (κ2) is 4.61. The molecule has 0 aromatic carbocycles. The Morgan fingerprint density at radius 1 is 1.16 bits per heavy atom. The first-order valence-corrected chi connectivity index (χ1v) is 5.95. The van der Waals surface area contributed by atoms with E-state index >= 15 is 0 Å². The second-order valence-electron chi connectivity index (χ2n) is 4.25. The van der Waals surface area contributed by atoms with Gasteiger partial charge in [0.1, 0.15) is 0 Å². The van der Waals surface area contributed by atoms with Gasteiger partial charge in [0.2, 0.25) is 5.88 Å². The van der Waals surface area contributed by atoms with Crippen molar-refractivity contribution in [1.82, 2.24) is 19.3 Å². The zero-order valence-corrected chi connectivity index (χ0v) is 10.8. The van der Waals surface area contributed by atoms with Crippen LogP contribution in [0.3, 0.4) is 0 Å². The summed E-state index contributed by atoms with van der Waals surface area (Å²) in [6, 6.07) is 7.81.